The number of rotatable bonds is 8. The third-order valence-electron chi connectivity index (χ3n) is 6.38. The van der Waals surface area contributed by atoms with Gasteiger partial charge in [-0.15, -0.1) is 0 Å². The minimum atomic E-state index is -1.29. The normalized spacial score (nSPS) is 13.8. The number of anilines is 1. The second-order valence-electron chi connectivity index (χ2n) is 8.84. The van der Waals surface area contributed by atoms with Crippen LogP contribution in [0, 0.1) is 0 Å². The summed E-state index contributed by atoms with van der Waals surface area (Å²) in [5.74, 6) is -1.76. The third kappa shape index (κ3) is 4.89. The highest BCUT2D eigenvalue weighted by atomic mass is 16.5. The van der Waals surface area contributed by atoms with E-state index in [1.807, 2.05) is 43.3 Å². The number of carboxylic acid groups (broad SMARTS) is 1. The molecule has 3 aromatic carbocycles. The molecule has 0 saturated heterocycles. The number of nitrogens with one attached hydrogen (secondary N) is 2. The second kappa shape index (κ2) is 10.0. The highest BCUT2D eigenvalue weighted by Crippen LogP contribution is 2.44. The minimum Gasteiger partial charge on any atom is -0.478 e. The van der Waals surface area contributed by atoms with E-state index in [0.717, 1.165) is 22.3 Å². The highest BCUT2D eigenvalue weighted by Gasteiger charge is 2.36. The average Bonchev–Trinajstić information content (AvgIpc) is 3.17. The molecule has 3 N–H and O–H groups in total. The van der Waals surface area contributed by atoms with E-state index in [9.17, 15) is 19.5 Å². The van der Waals surface area contributed by atoms with Crippen molar-refractivity contribution in [2.24, 2.45) is 0 Å². The summed E-state index contributed by atoms with van der Waals surface area (Å²) in [6.45, 7) is 3.64. The Hall–Kier alpha value is -4.13. The summed E-state index contributed by atoms with van der Waals surface area (Å²) in [6, 6.07) is 22.3. The first-order chi connectivity index (χ1) is 16.8. The first-order valence-electron chi connectivity index (χ1n) is 11.6. The number of benzene rings is 3. The number of para-hydroxylation sites is 1. The molecule has 180 valence electrons. The SMILES string of the molecule is CCCC(C)(NC(=O)OCC1c2ccccc2-c2ccccc21)C(=O)Nc1ccccc1C(=O)O. The van der Waals surface area contributed by atoms with Crippen LogP contribution in [0.3, 0.4) is 0 Å². The van der Waals surface area contributed by atoms with Crippen molar-refractivity contribution in [2.45, 2.75) is 38.1 Å². The fourth-order valence-corrected chi connectivity index (χ4v) is 4.63. The van der Waals surface area contributed by atoms with E-state index in [2.05, 4.69) is 22.8 Å². The second-order valence-corrected chi connectivity index (χ2v) is 8.84. The van der Waals surface area contributed by atoms with E-state index in [-0.39, 0.29) is 23.8 Å². The molecular weight excluding hydrogens is 444 g/mol. The van der Waals surface area contributed by atoms with Gasteiger partial charge in [0.15, 0.2) is 0 Å². The molecular formula is C28H28N2O5. The first kappa shape index (κ1) is 24.0. The van der Waals surface area contributed by atoms with Gasteiger partial charge in [0.05, 0.1) is 11.3 Å². The number of fused-ring (bicyclic) bond motifs is 3. The summed E-state index contributed by atoms with van der Waals surface area (Å²) in [6.07, 6.45) is 0.261. The number of aromatic carboxylic acids is 1. The van der Waals surface area contributed by atoms with Crippen LogP contribution in [0.25, 0.3) is 11.1 Å². The summed E-state index contributed by atoms with van der Waals surface area (Å²) in [7, 11) is 0. The minimum absolute atomic E-state index is 0.0270. The largest absolute Gasteiger partial charge is 0.478 e. The predicted octanol–water partition coefficient (Wildman–Crippen LogP) is 5.42. The lowest BCUT2D eigenvalue weighted by Gasteiger charge is -2.29. The van der Waals surface area contributed by atoms with Crippen LogP contribution < -0.4 is 10.6 Å². The van der Waals surface area contributed by atoms with E-state index in [1.165, 1.54) is 12.1 Å². The summed E-state index contributed by atoms with van der Waals surface area (Å²) in [5.41, 5.74) is 3.31. The Labute approximate surface area is 204 Å². The summed E-state index contributed by atoms with van der Waals surface area (Å²) in [4.78, 5) is 37.5. The predicted molar refractivity (Wildman–Crippen MR) is 134 cm³/mol. The molecule has 1 aliphatic rings. The van der Waals surface area contributed by atoms with Gasteiger partial charge >= 0.3 is 12.1 Å². The van der Waals surface area contributed by atoms with E-state index in [0.29, 0.717) is 12.8 Å². The van der Waals surface area contributed by atoms with Crippen molar-refractivity contribution in [1.29, 1.82) is 0 Å². The fourth-order valence-electron chi connectivity index (χ4n) is 4.63. The number of hydrogen-bond donors (Lipinski definition) is 3. The highest BCUT2D eigenvalue weighted by molar-refractivity contribution is 6.04. The zero-order valence-corrected chi connectivity index (χ0v) is 19.7. The van der Waals surface area contributed by atoms with Crippen molar-refractivity contribution < 1.29 is 24.2 Å². The molecule has 1 atom stereocenters. The number of hydrogen-bond acceptors (Lipinski definition) is 4. The topological polar surface area (TPSA) is 105 Å². The van der Waals surface area contributed by atoms with Gasteiger partial charge in [-0.3, -0.25) is 4.79 Å². The van der Waals surface area contributed by atoms with Crippen LogP contribution in [0.4, 0.5) is 10.5 Å². The summed E-state index contributed by atoms with van der Waals surface area (Å²) < 4.78 is 5.62. The van der Waals surface area contributed by atoms with E-state index in [4.69, 9.17) is 4.74 Å². The van der Waals surface area contributed by atoms with Gasteiger partial charge in [0, 0.05) is 5.92 Å². The van der Waals surface area contributed by atoms with Gasteiger partial charge in [0.25, 0.3) is 0 Å². The number of carbonyl (C=O) groups excluding carboxylic acids is 2. The number of carbonyl (C=O) groups is 3. The van der Waals surface area contributed by atoms with Crippen LogP contribution in [-0.2, 0) is 9.53 Å². The van der Waals surface area contributed by atoms with Crippen molar-refractivity contribution in [3.05, 3.63) is 89.5 Å². The Morgan fingerprint density at radius 1 is 0.914 bits per heavy atom. The maximum Gasteiger partial charge on any atom is 0.408 e. The smallest absolute Gasteiger partial charge is 0.408 e. The average molecular weight is 473 g/mol. The molecule has 7 nitrogen and oxygen atoms in total. The Kier molecular flexibility index (Phi) is 6.87. The van der Waals surface area contributed by atoms with Gasteiger partial charge in [-0.25, -0.2) is 9.59 Å². The van der Waals surface area contributed by atoms with Crippen LogP contribution in [0.5, 0.6) is 0 Å². The molecule has 1 unspecified atom stereocenters. The lowest BCUT2D eigenvalue weighted by molar-refractivity contribution is -0.122. The Morgan fingerprint density at radius 2 is 1.49 bits per heavy atom. The molecule has 0 bridgehead atoms. The van der Waals surface area contributed by atoms with E-state index in [1.54, 1.807) is 19.1 Å². The van der Waals surface area contributed by atoms with Crippen molar-refractivity contribution in [2.75, 3.05) is 11.9 Å². The van der Waals surface area contributed by atoms with E-state index >= 15 is 0 Å². The number of carboxylic acids is 1. The van der Waals surface area contributed by atoms with E-state index < -0.39 is 23.5 Å². The number of amides is 2. The van der Waals surface area contributed by atoms with Gasteiger partial charge < -0.3 is 20.5 Å². The van der Waals surface area contributed by atoms with Gasteiger partial charge in [-0.05, 0) is 47.7 Å². The number of ether oxygens (including phenoxy) is 1. The van der Waals surface area contributed by atoms with Gasteiger partial charge in [-0.2, -0.15) is 0 Å². The van der Waals surface area contributed by atoms with Crippen molar-refractivity contribution in [1.82, 2.24) is 5.32 Å². The molecule has 7 heteroatoms. The standard InChI is InChI=1S/C28H28N2O5/c1-3-16-28(2,26(33)29-24-15-9-8-14-22(24)25(31)32)30-27(34)35-17-23-20-12-6-4-10-18(20)19-11-5-7-13-21(19)23/h4-15,23H,3,16-17H2,1-2H3,(H,29,33)(H,30,34)(H,31,32). The van der Waals surface area contributed by atoms with Gasteiger partial charge in [0.1, 0.15) is 12.1 Å². The van der Waals surface area contributed by atoms with Crippen LogP contribution in [0.1, 0.15) is 54.1 Å². The lowest BCUT2D eigenvalue weighted by atomic mass is 9.94. The third-order valence-corrected chi connectivity index (χ3v) is 6.38. The fraction of sp³-hybridized carbons (Fsp3) is 0.250. The van der Waals surface area contributed by atoms with Gasteiger partial charge in [-0.1, -0.05) is 74.0 Å². The molecule has 0 spiro atoms. The summed E-state index contributed by atoms with van der Waals surface area (Å²) in [5, 5.41) is 14.8. The first-order valence-corrected chi connectivity index (χ1v) is 11.6. The lowest BCUT2D eigenvalue weighted by Crippen LogP contribution is -2.55. The zero-order chi connectivity index (χ0) is 25.0. The zero-order valence-electron chi connectivity index (χ0n) is 19.7. The number of alkyl carbamates (subject to hydrolysis) is 1. The molecule has 35 heavy (non-hydrogen) atoms. The molecule has 2 amide bonds. The molecule has 0 aromatic heterocycles. The molecule has 0 aliphatic heterocycles. The maximum absolute atomic E-state index is 13.1. The Balaban J connectivity index is 1.47. The molecule has 0 radical (unpaired) electrons. The molecule has 1 aliphatic carbocycles. The monoisotopic (exact) mass is 472 g/mol. The van der Waals surface area contributed by atoms with Crippen LogP contribution in [0.15, 0.2) is 72.8 Å². The van der Waals surface area contributed by atoms with Crippen LogP contribution in [0.2, 0.25) is 0 Å². The quantitative estimate of drug-likeness (QED) is 0.406. The molecule has 3 aromatic rings. The summed E-state index contributed by atoms with van der Waals surface area (Å²) >= 11 is 0. The van der Waals surface area contributed by atoms with Crippen molar-refractivity contribution in [3.63, 3.8) is 0 Å². The molecule has 0 fully saturated rings. The van der Waals surface area contributed by atoms with Crippen molar-refractivity contribution in [3.8, 4) is 11.1 Å². The Bertz CT molecular complexity index is 1230. The van der Waals surface area contributed by atoms with Gasteiger partial charge in [0.2, 0.25) is 5.91 Å². The van der Waals surface area contributed by atoms with Crippen molar-refractivity contribution >= 4 is 23.7 Å². The molecule has 4 rings (SSSR count). The van der Waals surface area contributed by atoms with Crippen LogP contribution in [-0.4, -0.2) is 35.2 Å². The maximum atomic E-state index is 13.1. The molecule has 0 heterocycles. The molecule has 0 saturated carbocycles. The van der Waals surface area contributed by atoms with Crippen LogP contribution >= 0.6 is 0 Å². The Morgan fingerprint density at radius 3 is 2.09 bits per heavy atom.